The van der Waals surface area contributed by atoms with Crippen LogP contribution in [-0.4, -0.2) is 12.2 Å². The van der Waals surface area contributed by atoms with E-state index in [1.165, 1.54) is 0 Å². The zero-order valence-electron chi connectivity index (χ0n) is 10.9. The molecule has 100 valence electrons. The SMILES string of the molecule is C=CCCCCCC(O)c1cc(Cl)ccc1OC. The summed E-state index contributed by atoms with van der Waals surface area (Å²) < 4.78 is 5.23. The Morgan fingerprint density at radius 3 is 2.83 bits per heavy atom. The van der Waals surface area contributed by atoms with Crippen molar-refractivity contribution in [3.05, 3.63) is 41.4 Å². The van der Waals surface area contributed by atoms with E-state index in [9.17, 15) is 5.11 Å². The molecule has 0 radical (unpaired) electrons. The molecule has 1 atom stereocenters. The number of aliphatic hydroxyl groups excluding tert-OH is 1. The van der Waals surface area contributed by atoms with Crippen LogP contribution in [0.5, 0.6) is 5.75 Å². The van der Waals surface area contributed by atoms with Gasteiger partial charge in [0.05, 0.1) is 13.2 Å². The molecule has 0 aliphatic carbocycles. The summed E-state index contributed by atoms with van der Waals surface area (Å²) in [6, 6.07) is 5.33. The zero-order valence-corrected chi connectivity index (χ0v) is 11.6. The molecule has 0 heterocycles. The number of unbranched alkanes of at least 4 members (excludes halogenated alkanes) is 3. The van der Waals surface area contributed by atoms with Crippen LogP contribution in [0.15, 0.2) is 30.9 Å². The summed E-state index contributed by atoms with van der Waals surface area (Å²) in [5, 5.41) is 10.8. The van der Waals surface area contributed by atoms with Crippen molar-refractivity contribution in [1.82, 2.24) is 0 Å². The normalized spacial score (nSPS) is 12.2. The van der Waals surface area contributed by atoms with Gasteiger partial charge in [0.2, 0.25) is 0 Å². The molecule has 1 rings (SSSR count). The Kier molecular flexibility index (Phi) is 6.84. The Hall–Kier alpha value is -0.990. The van der Waals surface area contributed by atoms with Crippen molar-refractivity contribution in [2.24, 2.45) is 0 Å². The predicted octanol–water partition coefficient (Wildman–Crippen LogP) is 4.52. The molecular weight excluding hydrogens is 248 g/mol. The van der Waals surface area contributed by atoms with Gasteiger partial charge in [0.1, 0.15) is 5.75 Å². The predicted molar refractivity (Wildman–Crippen MR) is 76.2 cm³/mol. The fourth-order valence-electron chi connectivity index (χ4n) is 1.92. The van der Waals surface area contributed by atoms with Crippen LogP contribution in [0.3, 0.4) is 0 Å². The van der Waals surface area contributed by atoms with Gasteiger partial charge in [0.25, 0.3) is 0 Å². The highest BCUT2D eigenvalue weighted by Crippen LogP contribution is 2.31. The minimum atomic E-state index is -0.512. The van der Waals surface area contributed by atoms with Crippen LogP contribution < -0.4 is 4.74 Å². The maximum absolute atomic E-state index is 10.2. The number of aliphatic hydroxyl groups is 1. The number of ether oxygens (including phenoxy) is 1. The zero-order chi connectivity index (χ0) is 13.4. The smallest absolute Gasteiger partial charge is 0.124 e. The molecule has 0 saturated carbocycles. The van der Waals surface area contributed by atoms with Crippen LogP contribution in [0.1, 0.15) is 43.8 Å². The summed E-state index contributed by atoms with van der Waals surface area (Å²) in [6.45, 7) is 3.69. The Morgan fingerprint density at radius 2 is 2.17 bits per heavy atom. The van der Waals surface area contributed by atoms with Crippen molar-refractivity contribution in [2.75, 3.05) is 7.11 Å². The molecule has 0 fully saturated rings. The van der Waals surface area contributed by atoms with Gasteiger partial charge in [-0.3, -0.25) is 0 Å². The van der Waals surface area contributed by atoms with Crippen LogP contribution in [0, 0.1) is 0 Å². The molecule has 18 heavy (non-hydrogen) atoms. The molecule has 0 aliphatic rings. The highest BCUT2D eigenvalue weighted by atomic mass is 35.5. The first-order chi connectivity index (χ1) is 8.69. The van der Waals surface area contributed by atoms with Crippen molar-refractivity contribution < 1.29 is 9.84 Å². The Morgan fingerprint density at radius 1 is 1.39 bits per heavy atom. The highest BCUT2D eigenvalue weighted by molar-refractivity contribution is 6.30. The molecule has 0 spiro atoms. The van der Waals surface area contributed by atoms with Crippen molar-refractivity contribution in [3.63, 3.8) is 0 Å². The van der Waals surface area contributed by atoms with E-state index in [1.54, 1.807) is 25.3 Å². The molecule has 1 N–H and O–H groups in total. The third kappa shape index (κ3) is 4.71. The molecule has 1 aromatic rings. The average Bonchev–Trinajstić information content (AvgIpc) is 2.38. The van der Waals surface area contributed by atoms with Gasteiger partial charge >= 0.3 is 0 Å². The van der Waals surface area contributed by atoms with Gasteiger partial charge in [-0.15, -0.1) is 6.58 Å². The van der Waals surface area contributed by atoms with Gasteiger partial charge in [-0.2, -0.15) is 0 Å². The standard InChI is InChI=1S/C15H21ClO2/c1-3-4-5-6-7-8-14(17)13-11-12(16)9-10-15(13)18-2/h3,9-11,14,17H,1,4-8H2,2H3. The first kappa shape index (κ1) is 15.1. The lowest BCUT2D eigenvalue weighted by atomic mass is 10.0. The summed E-state index contributed by atoms with van der Waals surface area (Å²) in [5.41, 5.74) is 0.772. The van der Waals surface area contributed by atoms with Gasteiger partial charge in [0, 0.05) is 10.6 Å². The first-order valence-corrected chi connectivity index (χ1v) is 6.69. The summed E-state index contributed by atoms with van der Waals surface area (Å²) >= 11 is 5.94. The molecule has 1 unspecified atom stereocenters. The lowest BCUT2D eigenvalue weighted by molar-refractivity contribution is 0.159. The second-order valence-corrected chi connectivity index (χ2v) is 4.77. The number of allylic oxidation sites excluding steroid dienone is 1. The van der Waals surface area contributed by atoms with Crippen molar-refractivity contribution in [3.8, 4) is 5.75 Å². The first-order valence-electron chi connectivity index (χ1n) is 6.31. The topological polar surface area (TPSA) is 29.5 Å². The Labute approximate surface area is 114 Å². The van der Waals surface area contributed by atoms with E-state index in [-0.39, 0.29) is 0 Å². The maximum atomic E-state index is 10.2. The van der Waals surface area contributed by atoms with Gasteiger partial charge in [-0.05, 0) is 37.5 Å². The third-order valence-corrected chi connectivity index (χ3v) is 3.17. The van der Waals surface area contributed by atoms with Crippen LogP contribution in [0.2, 0.25) is 5.02 Å². The summed E-state index contributed by atoms with van der Waals surface area (Å²) in [6.07, 6.45) is 6.41. The second-order valence-electron chi connectivity index (χ2n) is 4.33. The molecule has 3 heteroatoms. The van der Waals surface area contributed by atoms with E-state index in [1.807, 2.05) is 6.08 Å². The lowest BCUT2D eigenvalue weighted by Crippen LogP contribution is -2.00. The summed E-state index contributed by atoms with van der Waals surface area (Å²) in [5.74, 6) is 0.693. The number of hydrogen-bond donors (Lipinski definition) is 1. The minimum Gasteiger partial charge on any atom is -0.496 e. The van der Waals surface area contributed by atoms with Crippen LogP contribution in [0.25, 0.3) is 0 Å². The van der Waals surface area contributed by atoms with Gasteiger partial charge < -0.3 is 9.84 Å². The Bertz CT molecular complexity index is 377. The fraction of sp³-hybridized carbons (Fsp3) is 0.467. The molecule has 0 amide bonds. The van der Waals surface area contributed by atoms with Crippen LogP contribution >= 0.6 is 11.6 Å². The average molecular weight is 269 g/mol. The number of rotatable bonds is 8. The van der Waals surface area contributed by atoms with Gasteiger partial charge in [-0.25, -0.2) is 0 Å². The fourth-order valence-corrected chi connectivity index (χ4v) is 2.10. The van der Waals surface area contributed by atoms with E-state index in [0.29, 0.717) is 10.8 Å². The largest absolute Gasteiger partial charge is 0.496 e. The molecule has 2 nitrogen and oxygen atoms in total. The van der Waals surface area contributed by atoms with E-state index in [2.05, 4.69) is 6.58 Å². The quantitative estimate of drug-likeness (QED) is 0.555. The molecule has 1 aromatic carbocycles. The molecule has 0 saturated heterocycles. The molecule has 0 aliphatic heterocycles. The molecule has 0 aromatic heterocycles. The Balaban J connectivity index is 2.52. The maximum Gasteiger partial charge on any atom is 0.124 e. The number of methoxy groups -OCH3 is 1. The third-order valence-electron chi connectivity index (χ3n) is 2.94. The minimum absolute atomic E-state index is 0.512. The summed E-state index contributed by atoms with van der Waals surface area (Å²) in [4.78, 5) is 0. The van der Waals surface area contributed by atoms with Crippen molar-refractivity contribution >= 4 is 11.6 Å². The van der Waals surface area contributed by atoms with Crippen LogP contribution in [-0.2, 0) is 0 Å². The molecule has 0 bridgehead atoms. The summed E-state index contributed by atoms with van der Waals surface area (Å²) in [7, 11) is 1.60. The van der Waals surface area contributed by atoms with Crippen LogP contribution in [0.4, 0.5) is 0 Å². The second kappa shape index (κ2) is 8.17. The van der Waals surface area contributed by atoms with E-state index < -0.39 is 6.10 Å². The van der Waals surface area contributed by atoms with Crippen molar-refractivity contribution in [2.45, 2.75) is 38.2 Å². The number of benzene rings is 1. The highest BCUT2D eigenvalue weighted by Gasteiger charge is 2.13. The number of hydrogen-bond acceptors (Lipinski definition) is 2. The van der Waals surface area contributed by atoms with E-state index in [4.69, 9.17) is 16.3 Å². The van der Waals surface area contributed by atoms with Gasteiger partial charge in [-0.1, -0.05) is 30.5 Å². The van der Waals surface area contributed by atoms with Crippen molar-refractivity contribution in [1.29, 1.82) is 0 Å². The van der Waals surface area contributed by atoms with Gasteiger partial charge in [0.15, 0.2) is 0 Å². The number of halogens is 1. The monoisotopic (exact) mass is 268 g/mol. The van der Waals surface area contributed by atoms with E-state index >= 15 is 0 Å². The lowest BCUT2D eigenvalue weighted by Gasteiger charge is -2.15. The van der Waals surface area contributed by atoms with E-state index in [0.717, 1.165) is 37.7 Å². The molecular formula is C15H21ClO2.